The molecule has 222 valence electrons. The van der Waals surface area contributed by atoms with Crippen molar-refractivity contribution in [2.75, 3.05) is 11.9 Å². The zero-order chi connectivity index (χ0) is 30.4. The second kappa shape index (κ2) is 13.3. The van der Waals surface area contributed by atoms with E-state index in [9.17, 15) is 38.9 Å². The number of likely N-dealkylation sites (tertiary alicyclic amines) is 2. The number of nitrogens with one attached hydrogen (secondary N) is 3. The molecule has 0 aromatic heterocycles. The fourth-order valence-corrected chi connectivity index (χ4v) is 4.96. The van der Waals surface area contributed by atoms with Gasteiger partial charge in [-0.15, -0.1) is 0 Å². The lowest BCUT2D eigenvalue weighted by molar-refractivity contribution is -0.384. The first-order chi connectivity index (χ1) is 19.3. The third kappa shape index (κ3) is 7.64. The summed E-state index contributed by atoms with van der Waals surface area (Å²) >= 11 is 0. The number of carbonyl (C=O) groups is 6. The molecule has 3 rings (SSSR count). The summed E-state index contributed by atoms with van der Waals surface area (Å²) in [6, 6.07) is 1.43. The number of hydrogen-bond acceptors (Lipinski definition) is 8. The Morgan fingerprint density at radius 2 is 1.59 bits per heavy atom. The van der Waals surface area contributed by atoms with E-state index < -0.39 is 64.5 Å². The van der Waals surface area contributed by atoms with Gasteiger partial charge in [0.15, 0.2) is 0 Å². The molecule has 0 bridgehead atoms. The zero-order valence-electron chi connectivity index (χ0n) is 23.5. The Labute approximate surface area is 237 Å². The maximum Gasteiger partial charge on any atom is 0.269 e. The Hall–Kier alpha value is -4.36. The first-order valence-electron chi connectivity index (χ1n) is 13.6. The molecule has 4 atom stereocenters. The molecule has 2 saturated heterocycles. The van der Waals surface area contributed by atoms with Crippen molar-refractivity contribution >= 4 is 46.8 Å². The normalized spacial score (nSPS) is 19.1. The van der Waals surface area contributed by atoms with Gasteiger partial charge in [-0.1, -0.05) is 13.8 Å². The highest BCUT2D eigenvalue weighted by Crippen LogP contribution is 2.21. The van der Waals surface area contributed by atoms with Gasteiger partial charge in [0.1, 0.15) is 24.2 Å². The molecule has 2 aliphatic rings. The van der Waals surface area contributed by atoms with E-state index in [0.717, 1.165) is 4.90 Å². The fourth-order valence-electron chi connectivity index (χ4n) is 4.96. The van der Waals surface area contributed by atoms with Crippen molar-refractivity contribution < 1.29 is 33.7 Å². The Balaban J connectivity index is 1.63. The lowest BCUT2D eigenvalue weighted by Gasteiger charge is -2.30. The number of anilines is 1. The molecule has 2 aliphatic heterocycles. The molecule has 6 amide bonds. The average Bonchev–Trinajstić information content (AvgIpc) is 3.53. The first-order valence-corrected chi connectivity index (χ1v) is 13.6. The van der Waals surface area contributed by atoms with Crippen LogP contribution in [-0.4, -0.2) is 80.9 Å². The summed E-state index contributed by atoms with van der Waals surface area (Å²) in [6.45, 7) is 6.93. The van der Waals surface area contributed by atoms with Crippen molar-refractivity contribution in [1.29, 1.82) is 0 Å². The van der Waals surface area contributed by atoms with Gasteiger partial charge in [-0.3, -0.25) is 43.8 Å². The van der Waals surface area contributed by atoms with Crippen molar-refractivity contribution in [2.45, 2.75) is 84.0 Å². The summed E-state index contributed by atoms with van der Waals surface area (Å²) in [4.78, 5) is 88.8. The molecular weight excluding hydrogens is 536 g/mol. The molecule has 0 aliphatic carbocycles. The molecule has 0 saturated carbocycles. The van der Waals surface area contributed by atoms with Crippen molar-refractivity contribution in [1.82, 2.24) is 20.4 Å². The predicted molar refractivity (Wildman–Crippen MR) is 146 cm³/mol. The van der Waals surface area contributed by atoms with Gasteiger partial charge >= 0.3 is 0 Å². The summed E-state index contributed by atoms with van der Waals surface area (Å²) in [6.07, 6.45) is 1.30. The molecule has 0 unspecified atom stereocenters. The number of nitrogens with zero attached hydrogens (tertiary/aromatic N) is 3. The second-order valence-corrected chi connectivity index (χ2v) is 10.7. The summed E-state index contributed by atoms with van der Waals surface area (Å²) in [5, 5.41) is 18.8. The number of amides is 6. The van der Waals surface area contributed by atoms with Crippen LogP contribution < -0.4 is 16.0 Å². The highest BCUT2D eigenvalue weighted by atomic mass is 16.6. The Kier molecular flexibility index (Phi) is 10.1. The minimum absolute atomic E-state index is 0.0378. The van der Waals surface area contributed by atoms with E-state index in [-0.39, 0.29) is 31.0 Å². The molecule has 0 radical (unpaired) electrons. The number of nitro benzene ring substituents is 1. The molecule has 0 spiro atoms. The van der Waals surface area contributed by atoms with Crippen LogP contribution >= 0.6 is 0 Å². The fraction of sp³-hybridized carbons (Fsp3) is 0.556. The minimum atomic E-state index is -1.07. The van der Waals surface area contributed by atoms with Crippen LogP contribution in [0.5, 0.6) is 0 Å². The van der Waals surface area contributed by atoms with Gasteiger partial charge in [0.2, 0.25) is 35.4 Å². The number of nitro groups is 1. The highest BCUT2D eigenvalue weighted by molar-refractivity contribution is 6.06. The summed E-state index contributed by atoms with van der Waals surface area (Å²) in [5.41, 5.74) is 0.205. The van der Waals surface area contributed by atoms with Crippen molar-refractivity contribution in [2.24, 2.45) is 5.92 Å². The smallest absolute Gasteiger partial charge is 0.269 e. The van der Waals surface area contributed by atoms with Crippen LogP contribution in [0, 0.1) is 16.0 Å². The molecule has 1 aromatic rings. The summed E-state index contributed by atoms with van der Waals surface area (Å²) in [7, 11) is 0. The topological polar surface area (TPSA) is 188 Å². The molecule has 3 N–H and O–H groups in total. The van der Waals surface area contributed by atoms with Crippen molar-refractivity contribution in [3.05, 3.63) is 34.4 Å². The molecule has 2 fully saturated rings. The van der Waals surface area contributed by atoms with E-state index in [1.807, 2.05) is 13.8 Å². The van der Waals surface area contributed by atoms with E-state index in [2.05, 4.69) is 16.0 Å². The van der Waals surface area contributed by atoms with Crippen LogP contribution in [0.1, 0.15) is 59.8 Å². The van der Waals surface area contributed by atoms with Crippen LogP contribution in [0.2, 0.25) is 0 Å². The number of benzene rings is 1. The Morgan fingerprint density at radius 1 is 0.976 bits per heavy atom. The van der Waals surface area contributed by atoms with Crippen molar-refractivity contribution in [3.63, 3.8) is 0 Å². The van der Waals surface area contributed by atoms with Crippen LogP contribution in [0.4, 0.5) is 11.4 Å². The number of carbonyl (C=O) groups excluding carboxylic acids is 6. The minimum Gasteiger partial charge on any atom is -0.343 e. The number of rotatable bonds is 11. The predicted octanol–water partition coefficient (Wildman–Crippen LogP) is 1.10. The van der Waals surface area contributed by atoms with Gasteiger partial charge in [-0.2, -0.15) is 0 Å². The van der Waals surface area contributed by atoms with Crippen LogP contribution in [0.3, 0.4) is 0 Å². The van der Waals surface area contributed by atoms with E-state index in [4.69, 9.17) is 0 Å². The molecular formula is C27H36N6O8. The molecule has 1 aromatic carbocycles. The number of imide groups is 1. The van der Waals surface area contributed by atoms with E-state index in [1.54, 1.807) is 0 Å². The van der Waals surface area contributed by atoms with Gasteiger partial charge < -0.3 is 20.9 Å². The summed E-state index contributed by atoms with van der Waals surface area (Å²) < 4.78 is 0. The Bertz CT molecular complexity index is 1200. The first kappa shape index (κ1) is 31.2. The average molecular weight is 573 g/mol. The standard InChI is InChI=1S/C27H36N6O8/c1-15(2)14-20(25(37)29-18-7-9-19(10-8-18)33(40)41)30-26(38)21-6-5-13-31(21)27(39)16(3)28-24(36)17(4)32-22(34)11-12-23(32)35/h7-10,15-17,20-21H,5-6,11-14H2,1-4H3,(H,28,36)(H,29,37)(H,30,38)/t16-,17-,20-,21-/m0/s1. The summed E-state index contributed by atoms with van der Waals surface area (Å²) in [5.74, 6) is -3.02. The SMILES string of the molecule is CC(C)C[C@H](NC(=O)[C@@H]1CCCN1C(=O)[C@H](C)NC(=O)[C@H](C)N1C(=O)CCC1=O)C(=O)Nc1ccc([N+](=O)[O-])cc1. The lowest BCUT2D eigenvalue weighted by atomic mass is 10.0. The van der Waals surface area contributed by atoms with Gasteiger partial charge in [0.25, 0.3) is 5.69 Å². The van der Waals surface area contributed by atoms with Gasteiger partial charge in [-0.05, 0) is 51.2 Å². The number of hydrogen-bond donors (Lipinski definition) is 3. The number of non-ortho nitro benzene ring substituents is 1. The lowest BCUT2D eigenvalue weighted by Crippen LogP contribution is -2.57. The second-order valence-electron chi connectivity index (χ2n) is 10.7. The van der Waals surface area contributed by atoms with Crippen LogP contribution in [-0.2, 0) is 28.8 Å². The zero-order valence-corrected chi connectivity index (χ0v) is 23.5. The maximum atomic E-state index is 13.3. The van der Waals surface area contributed by atoms with Gasteiger partial charge in [0.05, 0.1) is 4.92 Å². The molecule has 14 nitrogen and oxygen atoms in total. The molecule has 14 heteroatoms. The third-order valence-corrected chi connectivity index (χ3v) is 7.11. The van der Waals surface area contributed by atoms with E-state index >= 15 is 0 Å². The quantitative estimate of drug-likeness (QED) is 0.200. The van der Waals surface area contributed by atoms with Crippen molar-refractivity contribution in [3.8, 4) is 0 Å². The molecule has 2 heterocycles. The third-order valence-electron chi connectivity index (χ3n) is 7.11. The van der Waals surface area contributed by atoms with Gasteiger partial charge in [-0.25, -0.2) is 0 Å². The van der Waals surface area contributed by atoms with E-state index in [0.29, 0.717) is 24.9 Å². The monoisotopic (exact) mass is 572 g/mol. The molecule has 41 heavy (non-hydrogen) atoms. The largest absolute Gasteiger partial charge is 0.343 e. The van der Waals surface area contributed by atoms with Gasteiger partial charge in [0, 0.05) is 37.2 Å². The maximum absolute atomic E-state index is 13.3. The highest BCUT2D eigenvalue weighted by Gasteiger charge is 2.40. The Morgan fingerprint density at radius 3 is 2.15 bits per heavy atom. The van der Waals surface area contributed by atoms with E-state index in [1.165, 1.54) is 43.0 Å². The van der Waals surface area contributed by atoms with Crippen LogP contribution in [0.25, 0.3) is 0 Å². The van der Waals surface area contributed by atoms with Crippen LogP contribution in [0.15, 0.2) is 24.3 Å².